The van der Waals surface area contributed by atoms with Gasteiger partial charge in [-0.2, -0.15) is 0 Å². The van der Waals surface area contributed by atoms with Crippen LogP contribution in [0.3, 0.4) is 0 Å². The van der Waals surface area contributed by atoms with E-state index < -0.39 is 207 Å². The van der Waals surface area contributed by atoms with Gasteiger partial charge < -0.3 is 4.57 Å². The van der Waals surface area contributed by atoms with Crippen molar-refractivity contribution in [3.05, 3.63) is 206 Å². The van der Waals surface area contributed by atoms with E-state index >= 15 is 0 Å². The fourth-order valence-corrected chi connectivity index (χ4v) is 5.93. The van der Waals surface area contributed by atoms with Gasteiger partial charge in [-0.3, -0.25) is 0 Å². The lowest BCUT2D eigenvalue weighted by Gasteiger charge is -2.13. The van der Waals surface area contributed by atoms with Gasteiger partial charge in [0.1, 0.15) is 0 Å². The third kappa shape index (κ3) is 6.16. The van der Waals surface area contributed by atoms with E-state index in [4.69, 9.17) is 26.0 Å². The van der Waals surface area contributed by atoms with Crippen molar-refractivity contribution in [2.45, 2.75) is 0 Å². The first-order valence-electron chi connectivity index (χ1n) is 29.4. The van der Waals surface area contributed by atoms with Crippen molar-refractivity contribution in [1.29, 1.82) is 0 Å². The second-order valence-corrected chi connectivity index (χ2v) is 11.7. The number of nitrogens with zero attached hydrogens (tertiary/aromatic N) is 4. The Bertz CT molecular complexity index is 4280. The molecule has 0 atom stereocenters. The van der Waals surface area contributed by atoms with Crippen LogP contribution in [-0.2, 0) is 0 Å². The monoisotopic (exact) mass is 728 g/mol. The summed E-state index contributed by atoms with van der Waals surface area (Å²) in [4.78, 5) is 13.9. The highest BCUT2D eigenvalue weighted by Crippen LogP contribution is 2.36. The largest absolute Gasteiger partial charge is 0.309 e. The number of fused-ring (bicyclic) bond motifs is 3. The number of hydrogen-bond acceptors (Lipinski definition) is 3. The zero-order valence-electron chi connectivity index (χ0n) is 53.9. The molecule has 0 fully saturated rings. The Hall–Kier alpha value is -7.43. The molecule has 2 heterocycles. The van der Waals surface area contributed by atoms with Crippen LogP contribution in [-0.4, -0.2) is 19.5 Å². The van der Waals surface area contributed by atoms with Crippen LogP contribution in [0.15, 0.2) is 206 Å². The van der Waals surface area contributed by atoms with Crippen LogP contribution >= 0.6 is 0 Å². The molecule has 0 spiro atoms. The van der Waals surface area contributed by atoms with Gasteiger partial charge >= 0.3 is 0 Å². The predicted octanol–water partition coefficient (Wildman–Crippen LogP) is 13.0. The normalized spacial score (nSPS) is 17.9. The molecule has 4 heteroatoms. The molecule has 258 valence electrons. The Morgan fingerprint density at radius 3 is 1.44 bits per heavy atom. The highest BCUT2D eigenvalue weighted by atomic mass is 15.0. The Balaban J connectivity index is 1.30. The number of para-hydroxylation sites is 1. The quantitative estimate of drug-likeness (QED) is 0.164. The molecule has 0 amide bonds. The van der Waals surface area contributed by atoms with Gasteiger partial charge in [-0.25, -0.2) is 15.0 Å². The van der Waals surface area contributed by atoms with E-state index in [1.807, 2.05) is 0 Å². The summed E-state index contributed by atoms with van der Waals surface area (Å²) in [5.41, 5.74) is -4.68. The van der Waals surface area contributed by atoms with Crippen LogP contribution in [0.1, 0.15) is 35.6 Å². The fourth-order valence-electron chi connectivity index (χ4n) is 5.93. The molecule has 4 nitrogen and oxygen atoms in total. The standard InChI is InChI=1S/C51H34N4/c1-5-15-35(16-6-1)40-27-30-48-46(34-40)45-23-13-14-24-47(45)55(48)44-28-25-39(26-29-44)50-52-49(38-21-11-4-12-22-38)53-51(54-50)43-32-41(36-17-7-2-8-18-36)31-42(33-43)37-19-9-3-10-20-37/h1-34H/i1D,2D,3D,5D,6D,7D,8D,9D,10D,13D,14D,15D,16D,17D,18D,19D,20D,23D,24D,25D,26D,27D,28D,29D,30D,34D. The molecule has 0 saturated heterocycles. The zero-order chi connectivity index (χ0) is 59.2. The first-order valence-corrected chi connectivity index (χ1v) is 16.4. The van der Waals surface area contributed by atoms with Crippen molar-refractivity contribution in [3.8, 4) is 73.2 Å². The SMILES string of the molecule is [2H]c1c([2H])c([2H])c(-c2cc(-c3nc(-c4ccccc4)nc(-c4c([2H])c([2H])c(-n5c6c([2H])c([2H])c([2H])c([2H])c6c6c([2H])c(-c7c([2H])c([2H])c([2H])c([2H])c7[2H])c([2H])c([2H])c65)c([2H])c4[2H])n3)cc(-c3c([2H])c([2H])c([2H])c([2H])c3[2H])c2)c([2H])c1[2H]. The van der Waals surface area contributed by atoms with Crippen molar-refractivity contribution >= 4 is 21.8 Å². The molecule has 0 bridgehead atoms. The average Bonchev–Trinajstić information content (AvgIpc) is 4.05. The molecule has 2 aromatic heterocycles. The molecule has 0 N–H and O–H groups in total. The molecule has 0 saturated carbocycles. The molecule has 10 rings (SSSR count). The molecular formula is C51H34N4. The first-order chi connectivity index (χ1) is 38.1. The van der Waals surface area contributed by atoms with Crippen molar-refractivity contribution < 1.29 is 35.6 Å². The van der Waals surface area contributed by atoms with Gasteiger partial charge in [-0.05, 0) is 93.9 Å². The van der Waals surface area contributed by atoms with Crippen LogP contribution in [0.25, 0.3) is 95.0 Å². The minimum Gasteiger partial charge on any atom is -0.309 e. The van der Waals surface area contributed by atoms with Crippen molar-refractivity contribution in [3.63, 3.8) is 0 Å². The molecular weight excluding hydrogens is 669 g/mol. The Morgan fingerprint density at radius 2 is 0.818 bits per heavy atom. The zero-order valence-corrected chi connectivity index (χ0v) is 27.9. The third-order valence-electron chi connectivity index (χ3n) is 8.40. The summed E-state index contributed by atoms with van der Waals surface area (Å²) in [5.74, 6) is -1.05. The van der Waals surface area contributed by atoms with Crippen LogP contribution in [0.2, 0.25) is 0 Å². The average molecular weight is 729 g/mol. The van der Waals surface area contributed by atoms with Gasteiger partial charge in [0.05, 0.1) is 46.7 Å². The van der Waals surface area contributed by atoms with Gasteiger partial charge in [-0.1, -0.05) is 145 Å². The first kappa shape index (κ1) is 15.1. The molecule has 0 aliphatic heterocycles. The number of aromatic nitrogens is 4. The lowest BCUT2D eigenvalue weighted by Crippen LogP contribution is -2.01. The maximum absolute atomic E-state index is 9.61. The molecule has 0 radical (unpaired) electrons. The summed E-state index contributed by atoms with van der Waals surface area (Å²) >= 11 is 0. The van der Waals surface area contributed by atoms with Crippen molar-refractivity contribution in [2.75, 3.05) is 0 Å². The van der Waals surface area contributed by atoms with E-state index in [1.165, 1.54) is 18.2 Å². The van der Waals surface area contributed by atoms with E-state index in [2.05, 4.69) is 15.0 Å². The molecule has 0 aliphatic carbocycles. The minimum absolute atomic E-state index is 0.100. The van der Waals surface area contributed by atoms with E-state index in [0.29, 0.717) is 5.56 Å². The Labute approximate surface area is 356 Å². The van der Waals surface area contributed by atoms with Crippen LogP contribution in [0.5, 0.6) is 0 Å². The van der Waals surface area contributed by atoms with Crippen LogP contribution in [0, 0.1) is 0 Å². The number of hydrogen-bond donors (Lipinski definition) is 0. The van der Waals surface area contributed by atoms with Crippen molar-refractivity contribution in [1.82, 2.24) is 19.5 Å². The predicted molar refractivity (Wildman–Crippen MR) is 227 cm³/mol. The lowest BCUT2D eigenvalue weighted by atomic mass is 9.96. The Kier molecular flexibility index (Phi) is 3.81. The summed E-state index contributed by atoms with van der Waals surface area (Å²) < 4.78 is 231. The van der Waals surface area contributed by atoms with Gasteiger partial charge in [0, 0.05) is 33.2 Å². The molecule has 0 aliphatic rings. The highest BCUT2D eigenvalue weighted by Gasteiger charge is 2.17. The fraction of sp³-hybridized carbons (Fsp3) is 0. The van der Waals surface area contributed by atoms with Gasteiger partial charge in [0.2, 0.25) is 0 Å². The number of benzene rings is 8. The second-order valence-electron chi connectivity index (χ2n) is 11.7. The van der Waals surface area contributed by atoms with E-state index in [1.54, 1.807) is 30.3 Å². The summed E-state index contributed by atoms with van der Waals surface area (Å²) in [6.45, 7) is 0. The van der Waals surface area contributed by atoms with E-state index in [0.717, 1.165) is 4.57 Å². The maximum Gasteiger partial charge on any atom is 0.164 e. The minimum atomic E-state index is -0.945. The second kappa shape index (κ2) is 13.8. The molecule has 0 unspecified atom stereocenters. The van der Waals surface area contributed by atoms with Gasteiger partial charge in [-0.15, -0.1) is 0 Å². The van der Waals surface area contributed by atoms with Crippen LogP contribution < -0.4 is 0 Å². The van der Waals surface area contributed by atoms with Gasteiger partial charge in [0.15, 0.2) is 17.5 Å². The summed E-state index contributed by atoms with van der Waals surface area (Å²) in [6, 6.07) is -8.97. The highest BCUT2D eigenvalue weighted by molar-refractivity contribution is 6.10. The van der Waals surface area contributed by atoms with E-state index in [9.17, 15) is 9.60 Å². The third-order valence-corrected chi connectivity index (χ3v) is 8.40. The summed E-state index contributed by atoms with van der Waals surface area (Å²) in [6.07, 6.45) is 0. The van der Waals surface area contributed by atoms with E-state index in [-0.39, 0.29) is 39.5 Å². The smallest absolute Gasteiger partial charge is 0.164 e. The number of rotatable bonds is 7. The van der Waals surface area contributed by atoms with Crippen LogP contribution in [0.4, 0.5) is 0 Å². The maximum atomic E-state index is 9.61. The topological polar surface area (TPSA) is 43.6 Å². The Morgan fingerprint density at radius 1 is 0.345 bits per heavy atom. The lowest BCUT2D eigenvalue weighted by molar-refractivity contribution is 1.07. The summed E-state index contributed by atoms with van der Waals surface area (Å²) in [7, 11) is 0. The van der Waals surface area contributed by atoms with Crippen molar-refractivity contribution in [2.24, 2.45) is 0 Å². The molecule has 55 heavy (non-hydrogen) atoms. The molecule has 10 aromatic rings. The van der Waals surface area contributed by atoms with Gasteiger partial charge in [0.25, 0.3) is 0 Å². The summed E-state index contributed by atoms with van der Waals surface area (Å²) in [5, 5.41) is -1.03. The molecule has 8 aromatic carbocycles.